The van der Waals surface area contributed by atoms with Gasteiger partial charge in [0, 0.05) is 17.2 Å². The van der Waals surface area contributed by atoms with E-state index in [1.54, 1.807) is 7.11 Å². The lowest BCUT2D eigenvalue weighted by Gasteiger charge is -2.30. The highest BCUT2D eigenvalue weighted by Crippen LogP contribution is 2.34. The van der Waals surface area contributed by atoms with Crippen LogP contribution >= 0.6 is 0 Å². The van der Waals surface area contributed by atoms with E-state index >= 15 is 0 Å². The van der Waals surface area contributed by atoms with Crippen LogP contribution < -0.4 is 9.47 Å². The van der Waals surface area contributed by atoms with Crippen molar-refractivity contribution in [1.82, 2.24) is 0 Å². The third-order valence-electron chi connectivity index (χ3n) is 3.69. The zero-order chi connectivity index (χ0) is 16.4. The molecule has 0 bridgehead atoms. The third kappa shape index (κ3) is 3.26. The smallest absolute Gasteiger partial charge is 0.194 e. The van der Waals surface area contributed by atoms with Gasteiger partial charge in [0.25, 0.3) is 0 Å². The Balaban J connectivity index is 1.95. The topological polar surface area (TPSA) is 47.9 Å². The number of benzene rings is 2. The molecule has 0 radical (unpaired) electrons. The van der Waals surface area contributed by atoms with Gasteiger partial charge in [0.2, 0.25) is 0 Å². The molecule has 0 atom stereocenters. The van der Waals surface area contributed by atoms with E-state index in [4.69, 9.17) is 9.47 Å². The van der Waals surface area contributed by atoms with Crippen LogP contribution in [0.3, 0.4) is 0 Å². The highest BCUT2D eigenvalue weighted by Gasteiger charge is 2.29. The predicted octanol–water partition coefficient (Wildman–Crippen LogP) is 3.89. The maximum Gasteiger partial charge on any atom is 0.194 e. The second-order valence-corrected chi connectivity index (χ2v) is 5.94. The Kier molecular flexibility index (Phi) is 3.90. The number of hydrogen-bond acceptors (Lipinski definition) is 4. The quantitative estimate of drug-likeness (QED) is 0.805. The first-order valence-electron chi connectivity index (χ1n) is 7.53. The standard InChI is InChI=1S/C19H19NO3/c1-19(2)20-16(12-17(21)13-7-5-4-6-8-13)15-10-9-14(22-3)11-18(15)23-19/h4-11H,12H2,1-3H3. The molecular weight excluding hydrogens is 290 g/mol. The van der Waals surface area contributed by atoms with Crippen molar-refractivity contribution < 1.29 is 14.3 Å². The molecule has 0 spiro atoms. The maximum atomic E-state index is 12.5. The number of carbonyl (C=O) groups excluding carboxylic acids is 1. The van der Waals surface area contributed by atoms with Crippen molar-refractivity contribution >= 4 is 11.5 Å². The molecule has 0 saturated heterocycles. The summed E-state index contributed by atoms with van der Waals surface area (Å²) < 4.78 is 11.1. The number of rotatable bonds is 4. The summed E-state index contributed by atoms with van der Waals surface area (Å²) in [6.07, 6.45) is 0.246. The summed E-state index contributed by atoms with van der Waals surface area (Å²) in [6.45, 7) is 3.75. The number of methoxy groups -OCH3 is 1. The van der Waals surface area contributed by atoms with Crippen molar-refractivity contribution in [3.63, 3.8) is 0 Å². The molecule has 4 heteroatoms. The molecule has 0 N–H and O–H groups in total. The Hall–Kier alpha value is -2.62. The van der Waals surface area contributed by atoms with Crippen molar-refractivity contribution in [3.05, 3.63) is 59.7 Å². The first-order chi connectivity index (χ1) is 11.0. The molecule has 1 heterocycles. The second kappa shape index (κ2) is 5.88. The number of aliphatic imine (C=N–C) groups is 1. The number of ether oxygens (including phenoxy) is 2. The van der Waals surface area contributed by atoms with Crippen LogP contribution in [-0.2, 0) is 0 Å². The molecule has 2 aromatic carbocycles. The average Bonchev–Trinajstić information content (AvgIpc) is 2.54. The Morgan fingerprint density at radius 2 is 1.91 bits per heavy atom. The first-order valence-corrected chi connectivity index (χ1v) is 7.53. The summed E-state index contributed by atoms with van der Waals surface area (Å²) in [5.41, 5.74) is 1.57. The van der Waals surface area contributed by atoms with Gasteiger partial charge in [0.1, 0.15) is 11.5 Å². The number of Topliss-reactive ketones (excluding diaryl/α,β-unsaturated/α-hetero) is 1. The molecule has 1 aliphatic heterocycles. The molecule has 0 aromatic heterocycles. The molecule has 23 heavy (non-hydrogen) atoms. The zero-order valence-electron chi connectivity index (χ0n) is 13.5. The number of fused-ring (bicyclic) bond motifs is 1. The van der Waals surface area contributed by atoms with Crippen LogP contribution in [-0.4, -0.2) is 24.3 Å². The van der Waals surface area contributed by atoms with Gasteiger partial charge in [0.15, 0.2) is 11.5 Å². The van der Waals surface area contributed by atoms with Gasteiger partial charge >= 0.3 is 0 Å². The van der Waals surface area contributed by atoms with E-state index in [1.165, 1.54) is 0 Å². The van der Waals surface area contributed by atoms with Gasteiger partial charge in [-0.2, -0.15) is 0 Å². The van der Waals surface area contributed by atoms with Gasteiger partial charge in [0.05, 0.1) is 19.2 Å². The minimum Gasteiger partial charge on any atom is -0.497 e. The minimum absolute atomic E-state index is 0.0452. The van der Waals surface area contributed by atoms with E-state index < -0.39 is 5.72 Å². The summed E-state index contributed by atoms with van der Waals surface area (Å²) in [7, 11) is 1.61. The van der Waals surface area contributed by atoms with Crippen molar-refractivity contribution in [2.75, 3.05) is 7.11 Å². The van der Waals surface area contributed by atoms with E-state index in [9.17, 15) is 4.79 Å². The molecule has 0 unspecified atom stereocenters. The molecular formula is C19H19NO3. The van der Waals surface area contributed by atoms with Gasteiger partial charge in [-0.05, 0) is 26.0 Å². The van der Waals surface area contributed by atoms with E-state index in [1.807, 2.05) is 62.4 Å². The Morgan fingerprint density at radius 3 is 2.61 bits per heavy atom. The largest absolute Gasteiger partial charge is 0.497 e. The van der Waals surface area contributed by atoms with Crippen LogP contribution in [0.4, 0.5) is 0 Å². The molecule has 0 amide bonds. The highest BCUT2D eigenvalue weighted by atomic mass is 16.5. The normalized spacial score (nSPS) is 15.2. The Bertz CT molecular complexity index is 763. The average molecular weight is 309 g/mol. The number of carbonyl (C=O) groups is 1. The number of ketones is 1. The zero-order valence-corrected chi connectivity index (χ0v) is 13.5. The Labute approximate surface area is 135 Å². The van der Waals surface area contributed by atoms with Crippen molar-refractivity contribution in [2.24, 2.45) is 4.99 Å². The molecule has 2 aromatic rings. The molecule has 0 fully saturated rings. The second-order valence-electron chi connectivity index (χ2n) is 5.94. The van der Waals surface area contributed by atoms with E-state index in [-0.39, 0.29) is 12.2 Å². The monoisotopic (exact) mass is 309 g/mol. The fraction of sp³-hybridized carbons (Fsp3) is 0.263. The number of hydrogen-bond donors (Lipinski definition) is 0. The molecule has 0 saturated carbocycles. The van der Waals surface area contributed by atoms with Crippen LogP contribution in [0.1, 0.15) is 36.2 Å². The lowest BCUT2D eigenvalue weighted by molar-refractivity contribution is 0.0994. The number of nitrogens with zero attached hydrogens (tertiary/aromatic N) is 1. The van der Waals surface area contributed by atoms with E-state index in [2.05, 4.69) is 4.99 Å². The Morgan fingerprint density at radius 1 is 1.17 bits per heavy atom. The van der Waals surface area contributed by atoms with Crippen LogP contribution in [0, 0.1) is 0 Å². The third-order valence-corrected chi connectivity index (χ3v) is 3.69. The molecule has 1 aliphatic rings. The molecule has 4 nitrogen and oxygen atoms in total. The summed E-state index contributed by atoms with van der Waals surface area (Å²) >= 11 is 0. The van der Waals surface area contributed by atoms with Crippen LogP contribution in [0.2, 0.25) is 0 Å². The van der Waals surface area contributed by atoms with Crippen LogP contribution in [0.5, 0.6) is 11.5 Å². The summed E-state index contributed by atoms with van der Waals surface area (Å²) in [5, 5.41) is 0. The fourth-order valence-corrected chi connectivity index (χ4v) is 2.64. The maximum absolute atomic E-state index is 12.5. The van der Waals surface area contributed by atoms with Crippen LogP contribution in [0.25, 0.3) is 0 Å². The van der Waals surface area contributed by atoms with Crippen molar-refractivity contribution in [3.8, 4) is 11.5 Å². The highest BCUT2D eigenvalue weighted by molar-refractivity contribution is 6.17. The first kappa shape index (κ1) is 15.3. The summed E-state index contributed by atoms with van der Waals surface area (Å²) in [4.78, 5) is 17.1. The molecule has 118 valence electrons. The SMILES string of the molecule is COc1ccc2c(c1)OC(C)(C)N=C2CC(=O)c1ccccc1. The lowest BCUT2D eigenvalue weighted by atomic mass is 9.98. The van der Waals surface area contributed by atoms with Gasteiger partial charge in [-0.15, -0.1) is 0 Å². The minimum atomic E-state index is -0.703. The molecule has 3 rings (SSSR count). The molecule has 0 aliphatic carbocycles. The van der Waals surface area contributed by atoms with Gasteiger partial charge < -0.3 is 9.47 Å². The van der Waals surface area contributed by atoms with E-state index in [0.717, 1.165) is 17.0 Å². The van der Waals surface area contributed by atoms with Gasteiger partial charge in [-0.3, -0.25) is 4.79 Å². The fourth-order valence-electron chi connectivity index (χ4n) is 2.64. The predicted molar refractivity (Wildman–Crippen MR) is 89.6 cm³/mol. The van der Waals surface area contributed by atoms with Crippen LogP contribution in [0.15, 0.2) is 53.5 Å². The summed E-state index contributed by atoms with van der Waals surface area (Å²) in [5.74, 6) is 1.46. The van der Waals surface area contributed by atoms with E-state index in [0.29, 0.717) is 11.3 Å². The van der Waals surface area contributed by atoms with Gasteiger partial charge in [-0.25, -0.2) is 4.99 Å². The lowest BCUT2D eigenvalue weighted by Crippen LogP contribution is -2.32. The summed E-state index contributed by atoms with van der Waals surface area (Å²) in [6, 6.07) is 14.8. The van der Waals surface area contributed by atoms with Gasteiger partial charge in [-0.1, -0.05) is 30.3 Å². The van der Waals surface area contributed by atoms with Crippen molar-refractivity contribution in [2.45, 2.75) is 26.0 Å². The van der Waals surface area contributed by atoms with Crippen molar-refractivity contribution in [1.29, 1.82) is 0 Å².